The normalized spacial score (nSPS) is 14.7. The molecule has 0 atom stereocenters. The summed E-state index contributed by atoms with van der Waals surface area (Å²) >= 11 is 0. The Morgan fingerprint density at radius 2 is 2.07 bits per heavy atom. The molecule has 0 N–H and O–H groups in total. The molecule has 1 aliphatic rings. The van der Waals surface area contributed by atoms with E-state index in [0.29, 0.717) is 18.7 Å². The summed E-state index contributed by atoms with van der Waals surface area (Å²) in [6.07, 6.45) is 5.21. The maximum Gasteiger partial charge on any atom is 0.255 e. The minimum absolute atomic E-state index is 0.00375. The van der Waals surface area contributed by atoms with Crippen molar-refractivity contribution in [2.45, 2.75) is 0 Å². The van der Waals surface area contributed by atoms with Gasteiger partial charge in [0, 0.05) is 12.1 Å². The van der Waals surface area contributed by atoms with E-state index in [4.69, 9.17) is 6.42 Å². The van der Waals surface area contributed by atoms with Crippen molar-refractivity contribution in [2.24, 2.45) is 0 Å². The van der Waals surface area contributed by atoms with E-state index in [0.717, 1.165) is 11.1 Å². The van der Waals surface area contributed by atoms with Gasteiger partial charge in [-0.2, -0.15) is 0 Å². The van der Waals surface area contributed by atoms with E-state index in [1.54, 1.807) is 4.90 Å². The number of terminal acetylenes is 1. The highest BCUT2D eigenvalue weighted by molar-refractivity contribution is 6.02. The van der Waals surface area contributed by atoms with Crippen LogP contribution in [-0.4, -0.2) is 23.9 Å². The average Bonchev–Trinajstić information content (AvgIpc) is 2.26. The maximum atomic E-state index is 11.9. The topological polar surface area (TPSA) is 20.3 Å². The molecule has 1 aromatic carbocycles. The molecule has 0 spiro atoms. The molecule has 0 bridgehead atoms. The van der Waals surface area contributed by atoms with Crippen LogP contribution in [0, 0.1) is 12.3 Å². The largest absolute Gasteiger partial charge is 0.323 e. The maximum absolute atomic E-state index is 11.9. The van der Waals surface area contributed by atoms with E-state index in [9.17, 15) is 4.79 Å². The van der Waals surface area contributed by atoms with Crippen LogP contribution in [0.15, 0.2) is 30.8 Å². The number of benzene rings is 1. The average molecular weight is 197 g/mol. The molecule has 2 nitrogen and oxygen atoms in total. The third kappa shape index (κ3) is 1.53. The van der Waals surface area contributed by atoms with Crippen molar-refractivity contribution < 1.29 is 4.79 Å². The summed E-state index contributed by atoms with van der Waals surface area (Å²) in [5, 5.41) is 0. The number of rotatable bonds is 1. The van der Waals surface area contributed by atoms with Crippen LogP contribution in [0.2, 0.25) is 0 Å². The molecule has 1 amide bonds. The molecule has 2 rings (SSSR count). The summed E-state index contributed by atoms with van der Waals surface area (Å²) in [6.45, 7) is 4.83. The van der Waals surface area contributed by atoms with E-state index in [-0.39, 0.29) is 5.91 Å². The van der Waals surface area contributed by atoms with Crippen molar-refractivity contribution in [2.75, 3.05) is 13.1 Å². The zero-order chi connectivity index (χ0) is 10.8. The second-order valence-corrected chi connectivity index (χ2v) is 3.51. The molecule has 0 saturated carbocycles. The van der Waals surface area contributed by atoms with Gasteiger partial charge in [-0.1, -0.05) is 30.7 Å². The Morgan fingerprint density at radius 1 is 1.40 bits per heavy atom. The lowest BCUT2D eigenvalue weighted by atomic mass is 9.95. The summed E-state index contributed by atoms with van der Waals surface area (Å²) in [6, 6.07) is 7.49. The fourth-order valence-corrected chi connectivity index (χ4v) is 1.77. The SMILES string of the molecule is C#CCN1CC(=C)c2ccccc2C1=O. The summed E-state index contributed by atoms with van der Waals surface area (Å²) in [7, 11) is 0. The summed E-state index contributed by atoms with van der Waals surface area (Å²) in [4.78, 5) is 13.6. The molecular formula is C13H11NO. The quantitative estimate of drug-likeness (QED) is 0.628. The number of amides is 1. The summed E-state index contributed by atoms with van der Waals surface area (Å²) in [5.41, 5.74) is 2.58. The Hall–Kier alpha value is -2.01. The minimum Gasteiger partial charge on any atom is -0.323 e. The third-order valence-electron chi connectivity index (χ3n) is 2.49. The van der Waals surface area contributed by atoms with E-state index in [1.807, 2.05) is 24.3 Å². The molecule has 0 unspecified atom stereocenters. The minimum atomic E-state index is -0.00375. The first-order valence-electron chi connectivity index (χ1n) is 4.74. The molecule has 1 heterocycles. The first kappa shape index (κ1) is 9.54. The highest BCUT2D eigenvalue weighted by Gasteiger charge is 2.25. The zero-order valence-electron chi connectivity index (χ0n) is 8.36. The molecule has 74 valence electrons. The molecule has 1 aromatic rings. The molecule has 0 aliphatic carbocycles. The predicted octanol–water partition coefficient (Wildman–Crippen LogP) is 1.79. The molecule has 1 aliphatic heterocycles. The first-order chi connectivity index (χ1) is 7.24. The monoisotopic (exact) mass is 197 g/mol. The van der Waals surface area contributed by atoms with Crippen molar-refractivity contribution in [3.05, 3.63) is 42.0 Å². The summed E-state index contributed by atoms with van der Waals surface area (Å²) in [5.74, 6) is 2.48. The lowest BCUT2D eigenvalue weighted by Crippen LogP contribution is -2.36. The van der Waals surface area contributed by atoms with Crippen LogP contribution >= 0.6 is 0 Å². The Morgan fingerprint density at radius 3 is 2.73 bits per heavy atom. The van der Waals surface area contributed by atoms with Gasteiger partial charge in [-0.15, -0.1) is 6.42 Å². The molecular weight excluding hydrogens is 186 g/mol. The van der Waals surface area contributed by atoms with Crippen LogP contribution in [0.4, 0.5) is 0 Å². The van der Waals surface area contributed by atoms with Gasteiger partial charge in [0.1, 0.15) is 0 Å². The fraction of sp³-hybridized carbons (Fsp3) is 0.154. The highest BCUT2D eigenvalue weighted by Crippen LogP contribution is 2.25. The van der Waals surface area contributed by atoms with E-state index in [2.05, 4.69) is 12.5 Å². The second kappa shape index (κ2) is 3.62. The van der Waals surface area contributed by atoms with Crippen LogP contribution in [0.5, 0.6) is 0 Å². The number of hydrogen-bond acceptors (Lipinski definition) is 1. The van der Waals surface area contributed by atoms with Gasteiger partial charge in [-0.3, -0.25) is 4.79 Å². The van der Waals surface area contributed by atoms with Gasteiger partial charge < -0.3 is 4.90 Å². The molecule has 0 aromatic heterocycles. The van der Waals surface area contributed by atoms with E-state index in [1.165, 1.54) is 0 Å². The highest BCUT2D eigenvalue weighted by atomic mass is 16.2. The molecule has 0 saturated heterocycles. The summed E-state index contributed by atoms with van der Waals surface area (Å²) < 4.78 is 0. The first-order valence-corrected chi connectivity index (χ1v) is 4.74. The molecule has 2 heteroatoms. The van der Waals surface area contributed by atoms with Gasteiger partial charge >= 0.3 is 0 Å². The third-order valence-corrected chi connectivity index (χ3v) is 2.49. The number of carbonyl (C=O) groups is 1. The van der Waals surface area contributed by atoms with Crippen LogP contribution in [0.25, 0.3) is 5.57 Å². The van der Waals surface area contributed by atoms with Crippen molar-refractivity contribution in [3.8, 4) is 12.3 Å². The van der Waals surface area contributed by atoms with E-state index >= 15 is 0 Å². The van der Waals surface area contributed by atoms with Crippen LogP contribution < -0.4 is 0 Å². The number of hydrogen-bond donors (Lipinski definition) is 0. The fourth-order valence-electron chi connectivity index (χ4n) is 1.77. The van der Waals surface area contributed by atoms with Crippen molar-refractivity contribution in [1.29, 1.82) is 0 Å². The number of nitrogens with zero attached hydrogens (tertiary/aromatic N) is 1. The van der Waals surface area contributed by atoms with Crippen molar-refractivity contribution in [1.82, 2.24) is 4.90 Å². The Bertz CT molecular complexity index is 468. The lowest BCUT2D eigenvalue weighted by molar-refractivity contribution is 0.0788. The van der Waals surface area contributed by atoms with Crippen molar-refractivity contribution >= 4 is 11.5 Å². The van der Waals surface area contributed by atoms with E-state index < -0.39 is 0 Å². The Kier molecular flexibility index (Phi) is 2.31. The van der Waals surface area contributed by atoms with Crippen LogP contribution in [-0.2, 0) is 0 Å². The Balaban J connectivity index is 2.45. The van der Waals surface area contributed by atoms with Crippen LogP contribution in [0.3, 0.4) is 0 Å². The number of fused-ring (bicyclic) bond motifs is 1. The Labute approximate surface area is 89.2 Å². The number of carbonyl (C=O) groups excluding carboxylic acids is 1. The lowest BCUT2D eigenvalue weighted by Gasteiger charge is -2.28. The van der Waals surface area contributed by atoms with Gasteiger partial charge in [0.25, 0.3) is 5.91 Å². The van der Waals surface area contributed by atoms with Gasteiger partial charge in [0.15, 0.2) is 0 Å². The molecule has 15 heavy (non-hydrogen) atoms. The predicted molar refractivity (Wildman–Crippen MR) is 60.2 cm³/mol. The zero-order valence-corrected chi connectivity index (χ0v) is 8.36. The van der Waals surface area contributed by atoms with Gasteiger partial charge in [0.2, 0.25) is 0 Å². The standard InChI is InChI=1S/C13H11NO/c1-3-8-14-9-10(2)11-6-4-5-7-12(11)13(14)15/h1,4-7H,2,8-9H2. The van der Waals surface area contributed by atoms with Crippen LogP contribution in [0.1, 0.15) is 15.9 Å². The smallest absolute Gasteiger partial charge is 0.255 e. The molecule has 0 fully saturated rings. The van der Waals surface area contributed by atoms with Gasteiger partial charge in [-0.05, 0) is 17.2 Å². The van der Waals surface area contributed by atoms with Crippen molar-refractivity contribution in [3.63, 3.8) is 0 Å². The van der Waals surface area contributed by atoms with Gasteiger partial charge in [-0.25, -0.2) is 0 Å². The molecule has 0 radical (unpaired) electrons. The second-order valence-electron chi connectivity index (χ2n) is 3.51. The van der Waals surface area contributed by atoms with Gasteiger partial charge in [0.05, 0.1) is 6.54 Å².